The number of hydrogen-bond acceptors (Lipinski definition) is 3. The predicted molar refractivity (Wildman–Crippen MR) is 143 cm³/mol. The average Bonchev–Trinajstić information content (AvgIpc) is 3.44. The zero-order valence-electron chi connectivity index (χ0n) is 18.5. The summed E-state index contributed by atoms with van der Waals surface area (Å²) in [4.78, 5) is 17.5. The molecule has 1 N–H and O–H groups in total. The molecule has 0 aliphatic heterocycles. The molecule has 0 atom stereocenters. The molecule has 0 radical (unpaired) electrons. The maximum Gasteiger partial charge on any atom is 0.258 e. The predicted octanol–water partition coefficient (Wildman–Crippen LogP) is 7.72. The molecule has 2 heterocycles. The zero-order valence-corrected chi connectivity index (χ0v) is 20.1. The van der Waals surface area contributed by atoms with Gasteiger partial charge < -0.3 is 9.88 Å². The molecule has 0 spiro atoms. The highest BCUT2D eigenvalue weighted by Gasteiger charge is 2.13. The summed E-state index contributed by atoms with van der Waals surface area (Å²) in [6.07, 6.45) is 3.97. The van der Waals surface area contributed by atoms with Crippen LogP contribution in [0.15, 0.2) is 95.4 Å². The first-order valence-corrected chi connectivity index (χ1v) is 12.1. The number of benzene rings is 3. The van der Waals surface area contributed by atoms with Crippen LogP contribution >= 0.6 is 22.9 Å². The summed E-state index contributed by atoms with van der Waals surface area (Å²) >= 11 is 7.38. The first kappa shape index (κ1) is 22.1. The maximum atomic E-state index is 12.8. The van der Waals surface area contributed by atoms with Crippen molar-refractivity contribution in [3.8, 4) is 0 Å². The first-order valence-electron chi connectivity index (χ1n) is 10.9. The number of halogens is 1. The van der Waals surface area contributed by atoms with E-state index in [4.69, 9.17) is 16.6 Å². The number of nitrogens with zero attached hydrogens (tertiary/aromatic N) is 2. The topological polar surface area (TPSA) is 46.4 Å². The van der Waals surface area contributed by atoms with Crippen LogP contribution in [0.2, 0.25) is 5.02 Å². The number of rotatable bonds is 6. The Labute approximate surface area is 207 Å². The molecule has 5 rings (SSSR count). The Balaban J connectivity index is 1.41. The summed E-state index contributed by atoms with van der Waals surface area (Å²) in [6, 6.07) is 25.7. The van der Waals surface area contributed by atoms with Crippen molar-refractivity contribution in [3.05, 3.63) is 118 Å². The molecule has 0 saturated heterocycles. The molecule has 0 aliphatic carbocycles. The lowest BCUT2D eigenvalue weighted by atomic mass is 10.1. The van der Waals surface area contributed by atoms with E-state index in [-0.39, 0.29) is 5.91 Å². The Morgan fingerprint density at radius 1 is 1.06 bits per heavy atom. The normalized spacial score (nSPS) is 11.4. The summed E-state index contributed by atoms with van der Waals surface area (Å²) in [5, 5.41) is 7.21. The zero-order chi connectivity index (χ0) is 23.5. The lowest BCUT2D eigenvalue weighted by molar-refractivity contribution is 0.102. The monoisotopic (exact) mass is 483 g/mol. The minimum atomic E-state index is -0.197. The number of nitrogens with one attached hydrogen (secondary N) is 1. The van der Waals surface area contributed by atoms with Crippen LogP contribution in [0.1, 0.15) is 27.0 Å². The number of amides is 1. The van der Waals surface area contributed by atoms with Gasteiger partial charge in [0.25, 0.3) is 5.91 Å². The van der Waals surface area contributed by atoms with Gasteiger partial charge in [-0.15, -0.1) is 11.3 Å². The van der Waals surface area contributed by atoms with Gasteiger partial charge >= 0.3 is 0 Å². The summed E-state index contributed by atoms with van der Waals surface area (Å²) in [5.74, 6) is -0.197. The number of aryl methyl sites for hydroxylation is 1. The molecule has 6 heteroatoms. The largest absolute Gasteiger partial charge is 0.342 e. The van der Waals surface area contributed by atoms with Gasteiger partial charge in [-0.2, -0.15) is 0 Å². The minimum Gasteiger partial charge on any atom is -0.342 e. The first-order chi connectivity index (χ1) is 16.6. The van der Waals surface area contributed by atoms with Crippen LogP contribution in [0.3, 0.4) is 0 Å². The highest BCUT2D eigenvalue weighted by molar-refractivity contribution is 7.14. The molecule has 3 aromatic carbocycles. The Hall–Kier alpha value is -3.67. The van der Waals surface area contributed by atoms with E-state index in [1.54, 1.807) is 30.3 Å². The van der Waals surface area contributed by atoms with Gasteiger partial charge in [-0.25, -0.2) is 4.99 Å². The fraction of sp³-hybridized carbons (Fsp3) is 0.0714. The van der Waals surface area contributed by atoms with Gasteiger partial charge in [0.1, 0.15) is 5.00 Å². The van der Waals surface area contributed by atoms with E-state index in [0.717, 1.165) is 23.0 Å². The fourth-order valence-corrected chi connectivity index (χ4v) is 4.81. The van der Waals surface area contributed by atoms with Gasteiger partial charge in [-0.1, -0.05) is 59.6 Å². The molecular formula is C28H22ClN3OS. The number of anilines is 1. The Morgan fingerprint density at radius 3 is 2.71 bits per heavy atom. The number of aromatic nitrogens is 1. The Kier molecular flexibility index (Phi) is 6.30. The summed E-state index contributed by atoms with van der Waals surface area (Å²) in [7, 11) is 0. The van der Waals surface area contributed by atoms with Crippen LogP contribution in [0, 0.1) is 6.92 Å². The third kappa shape index (κ3) is 4.81. The molecule has 4 nitrogen and oxygen atoms in total. The highest BCUT2D eigenvalue weighted by Crippen LogP contribution is 2.29. The number of carbonyl (C=O) groups excluding carboxylic acids is 1. The van der Waals surface area contributed by atoms with E-state index in [0.29, 0.717) is 21.3 Å². The number of thiophene rings is 1. The van der Waals surface area contributed by atoms with E-state index < -0.39 is 0 Å². The van der Waals surface area contributed by atoms with Gasteiger partial charge in [-0.3, -0.25) is 4.79 Å². The standard InChI is InChI=1S/C28H22ClN3OS/c1-19-5-4-6-20(15-19)17-32-18-21(24-7-2-3-8-26(24)32)16-30-28-25(13-14-34-28)27(33)31-23-11-9-22(29)10-12-23/h2-16,18H,17H2,1H3,(H,31,33). The summed E-state index contributed by atoms with van der Waals surface area (Å²) < 4.78 is 2.24. The SMILES string of the molecule is Cc1cccc(Cn2cc(C=Nc3sccc3C(=O)Nc3ccc(Cl)cc3)c3ccccc32)c1. The average molecular weight is 484 g/mol. The van der Waals surface area contributed by atoms with Crippen LogP contribution in [-0.2, 0) is 6.54 Å². The quantitative estimate of drug-likeness (QED) is 0.247. The van der Waals surface area contributed by atoms with E-state index in [1.165, 1.54) is 22.5 Å². The van der Waals surface area contributed by atoms with Crippen LogP contribution < -0.4 is 5.32 Å². The van der Waals surface area contributed by atoms with Crippen molar-refractivity contribution in [3.63, 3.8) is 0 Å². The lowest BCUT2D eigenvalue weighted by Crippen LogP contribution is -2.10. The molecule has 0 bridgehead atoms. The van der Waals surface area contributed by atoms with E-state index in [1.807, 2.05) is 17.7 Å². The molecule has 2 aromatic heterocycles. The lowest BCUT2D eigenvalue weighted by Gasteiger charge is -2.06. The number of aliphatic imine (C=N–C) groups is 1. The molecule has 0 fully saturated rings. The van der Waals surface area contributed by atoms with Crippen molar-refractivity contribution in [2.75, 3.05) is 5.32 Å². The van der Waals surface area contributed by atoms with E-state index in [2.05, 4.69) is 65.5 Å². The molecule has 1 amide bonds. The Morgan fingerprint density at radius 2 is 1.88 bits per heavy atom. The third-order valence-corrected chi connectivity index (χ3v) is 6.64. The number of carbonyl (C=O) groups is 1. The van der Waals surface area contributed by atoms with Crippen LogP contribution in [0.25, 0.3) is 10.9 Å². The minimum absolute atomic E-state index is 0.197. The van der Waals surface area contributed by atoms with Crippen LogP contribution in [0.5, 0.6) is 0 Å². The molecule has 0 aliphatic rings. The van der Waals surface area contributed by atoms with Gasteiger partial charge in [0, 0.05) is 46.1 Å². The van der Waals surface area contributed by atoms with Crippen molar-refractivity contribution in [2.24, 2.45) is 4.99 Å². The maximum absolute atomic E-state index is 12.8. The molecule has 0 unspecified atom stereocenters. The second-order valence-corrected chi connectivity index (χ2v) is 9.41. The van der Waals surface area contributed by atoms with Gasteiger partial charge in [0.15, 0.2) is 0 Å². The number of fused-ring (bicyclic) bond motifs is 1. The van der Waals surface area contributed by atoms with E-state index >= 15 is 0 Å². The van der Waals surface area contributed by atoms with Crippen molar-refractivity contribution >= 4 is 56.7 Å². The van der Waals surface area contributed by atoms with Gasteiger partial charge in [0.05, 0.1) is 5.56 Å². The second kappa shape index (κ2) is 9.67. The summed E-state index contributed by atoms with van der Waals surface area (Å²) in [5.41, 5.74) is 5.90. The highest BCUT2D eigenvalue weighted by atomic mass is 35.5. The second-order valence-electron chi connectivity index (χ2n) is 8.08. The number of hydrogen-bond donors (Lipinski definition) is 1. The molecule has 168 valence electrons. The smallest absolute Gasteiger partial charge is 0.258 e. The van der Waals surface area contributed by atoms with Crippen molar-refractivity contribution < 1.29 is 4.79 Å². The van der Waals surface area contributed by atoms with E-state index in [9.17, 15) is 4.79 Å². The van der Waals surface area contributed by atoms with Crippen molar-refractivity contribution in [1.82, 2.24) is 4.57 Å². The molecule has 0 saturated carbocycles. The van der Waals surface area contributed by atoms with Crippen molar-refractivity contribution in [1.29, 1.82) is 0 Å². The molecule has 5 aromatic rings. The van der Waals surface area contributed by atoms with Crippen molar-refractivity contribution in [2.45, 2.75) is 13.5 Å². The molecular weight excluding hydrogens is 462 g/mol. The number of para-hydroxylation sites is 1. The molecule has 34 heavy (non-hydrogen) atoms. The van der Waals surface area contributed by atoms with Crippen LogP contribution in [0.4, 0.5) is 10.7 Å². The fourth-order valence-electron chi connectivity index (χ4n) is 3.95. The Bertz CT molecular complexity index is 1500. The third-order valence-electron chi connectivity index (χ3n) is 5.57. The van der Waals surface area contributed by atoms with Gasteiger partial charge in [-0.05, 0) is 54.3 Å². The summed E-state index contributed by atoms with van der Waals surface area (Å²) in [6.45, 7) is 2.89. The van der Waals surface area contributed by atoms with Crippen LogP contribution in [-0.4, -0.2) is 16.7 Å². The van der Waals surface area contributed by atoms with Gasteiger partial charge in [0.2, 0.25) is 0 Å².